The third-order valence-electron chi connectivity index (χ3n) is 2.74. The minimum atomic E-state index is -0.218. The minimum absolute atomic E-state index is 0.0264. The highest BCUT2D eigenvalue weighted by Gasteiger charge is 2.20. The molecule has 0 saturated heterocycles. The van der Waals surface area contributed by atoms with Crippen LogP contribution in [0.15, 0.2) is 24.3 Å². The lowest BCUT2D eigenvalue weighted by molar-refractivity contribution is -0.117. The van der Waals surface area contributed by atoms with Crippen LogP contribution in [0.1, 0.15) is 27.2 Å². The maximum Gasteiger partial charge on any atom is 0.226 e. The van der Waals surface area contributed by atoms with Crippen LogP contribution < -0.4 is 15.4 Å². The molecule has 0 aliphatic rings. The van der Waals surface area contributed by atoms with Gasteiger partial charge < -0.3 is 15.4 Å². The second kappa shape index (κ2) is 6.40. The number of hydrogen-bond acceptors (Lipinski definition) is 3. The summed E-state index contributed by atoms with van der Waals surface area (Å²) in [5.41, 5.74) is 0.501. The Morgan fingerprint density at radius 2 is 2.00 bits per heavy atom. The largest absolute Gasteiger partial charge is 0.492 e. The van der Waals surface area contributed by atoms with Crippen molar-refractivity contribution in [3.63, 3.8) is 0 Å². The summed E-state index contributed by atoms with van der Waals surface area (Å²) in [5, 5.41) is 5.99. The first-order chi connectivity index (χ1) is 8.48. The number of carbonyl (C=O) groups is 1. The molecule has 0 aliphatic heterocycles. The number of ether oxygens (including phenoxy) is 1. The maximum atomic E-state index is 11.9. The predicted octanol–water partition coefficient (Wildman–Crippen LogP) is 2.41. The summed E-state index contributed by atoms with van der Waals surface area (Å²) in [7, 11) is 1.85. The van der Waals surface area contributed by atoms with Gasteiger partial charge in [-0.2, -0.15) is 0 Å². The Labute approximate surface area is 109 Å². The van der Waals surface area contributed by atoms with Crippen molar-refractivity contribution in [2.45, 2.75) is 32.7 Å². The molecule has 0 bridgehead atoms. The van der Waals surface area contributed by atoms with Gasteiger partial charge in [0.1, 0.15) is 5.75 Å². The van der Waals surface area contributed by atoms with E-state index in [0.29, 0.717) is 18.8 Å². The molecule has 100 valence electrons. The molecule has 1 aromatic rings. The second-order valence-electron chi connectivity index (χ2n) is 4.79. The number of rotatable bonds is 6. The average molecular weight is 250 g/mol. The van der Waals surface area contributed by atoms with Crippen LogP contribution in [0, 0.1) is 0 Å². The Kier molecular flexibility index (Phi) is 5.16. The summed E-state index contributed by atoms with van der Waals surface area (Å²) < 4.78 is 5.46. The Balaban J connectivity index is 2.70. The van der Waals surface area contributed by atoms with Gasteiger partial charge in [0.2, 0.25) is 5.91 Å². The van der Waals surface area contributed by atoms with Crippen molar-refractivity contribution < 1.29 is 9.53 Å². The lowest BCUT2D eigenvalue weighted by Gasteiger charge is -2.23. The van der Waals surface area contributed by atoms with Gasteiger partial charge >= 0.3 is 0 Å². The number of nitrogens with one attached hydrogen (secondary N) is 2. The third kappa shape index (κ3) is 4.37. The van der Waals surface area contributed by atoms with E-state index in [9.17, 15) is 4.79 Å². The van der Waals surface area contributed by atoms with Crippen LogP contribution in [-0.2, 0) is 4.79 Å². The van der Waals surface area contributed by atoms with E-state index in [2.05, 4.69) is 10.6 Å². The summed E-state index contributed by atoms with van der Waals surface area (Å²) in [6.45, 7) is 6.47. The Morgan fingerprint density at radius 1 is 1.33 bits per heavy atom. The van der Waals surface area contributed by atoms with Crippen molar-refractivity contribution in [1.82, 2.24) is 5.32 Å². The first kappa shape index (κ1) is 14.5. The van der Waals surface area contributed by atoms with E-state index >= 15 is 0 Å². The van der Waals surface area contributed by atoms with Gasteiger partial charge in [0.25, 0.3) is 0 Å². The van der Waals surface area contributed by atoms with E-state index in [1.165, 1.54) is 0 Å². The van der Waals surface area contributed by atoms with Crippen molar-refractivity contribution in [3.05, 3.63) is 24.3 Å². The molecule has 0 aromatic heterocycles. The van der Waals surface area contributed by atoms with Crippen molar-refractivity contribution in [2.24, 2.45) is 0 Å². The van der Waals surface area contributed by atoms with E-state index in [4.69, 9.17) is 4.74 Å². The predicted molar refractivity (Wildman–Crippen MR) is 74.0 cm³/mol. The number of amides is 1. The zero-order valence-corrected chi connectivity index (χ0v) is 11.5. The number of benzene rings is 1. The van der Waals surface area contributed by atoms with Crippen molar-refractivity contribution >= 4 is 11.6 Å². The first-order valence-corrected chi connectivity index (χ1v) is 6.19. The summed E-state index contributed by atoms with van der Waals surface area (Å²) in [4.78, 5) is 11.9. The Bertz CT molecular complexity index is 403. The summed E-state index contributed by atoms with van der Waals surface area (Å²) >= 11 is 0. The molecule has 0 heterocycles. The van der Waals surface area contributed by atoms with E-state index in [1.54, 1.807) is 0 Å². The molecule has 1 rings (SSSR count). The normalized spacial score (nSPS) is 11.1. The molecular weight excluding hydrogens is 228 g/mol. The standard InChI is InChI=1S/C14H22N2O2/c1-5-18-12-9-7-6-8-11(12)16-13(17)10-14(2,3)15-4/h6-9,15H,5,10H2,1-4H3,(H,16,17). The van der Waals surface area contributed by atoms with Crippen molar-refractivity contribution in [1.29, 1.82) is 0 Å². The lowest BCUT2D eigenvalue weighted by Crippen LogP contribution is -2.39. The molecule has 0 radical (unpaired) electrons. The molecule has 4 heteroatoms. The van der Waals surface area contributed by atoms with Crippen LogP contribution in [0.25, 0.3) is 0 Å². The highest BCUT2D eigenvalue weighted by atomic mass is 16.5. The van der Waals surface area contributed by atoms with Gasteiger partial charge in [0.15, 0.2) is 0 Å². The molecule has 1 amide bonds. The quantitative estimate of drug-likeness (QED) is 0.815. The Morgan fingerprint density at radius 3 is 2.61 bits per heavy atom. The molecule has 0 aliphatic carbocycles. The van der Waals surface area contributed by atoms with Gasteiger partial charge in [-0.25, -0.2) is 0 Å². The van der Waals surface area contributed by atoms with Gasteiger partial charge in [-0.3, -0.25) is 4.79 Å². The number of para-hydroxylation sites is 2. The molecule has 0 atom stereocenters. The van der Waals surface area contributed by atoms with E-state index in [-0.39, 0.29) is 11.4 Å². The van der Waals surface area contributed by atoms with Gasteiger partial charge in [-0.05, 0) is 40.0 Å². The van der Waals surface area contributed by atoms with Crippen LogP contribution in [0.4, 0.5) is 5.69 Å². The van der Waals surface area contributed by atoms with Gasteiger partial charge in [0, 0.05) is 12.0 Å². The highest BCUT2D eigenvalue weighted by Crippen LogP contribution is 2.24. The van der Waals surface area contributed by atoms with Gasteiger partial charge in [0.05, 0.1) is 12.3 Å². The van der Waals surface area contributed by atoms with Crippen LogP contribution in [0.3, 0.4) is 0 Å². The summed E-state index contributed by atoms with van der Waals surface area (Å²) in [6, 6.07) is 7.46. The van der Waals surface area contributed by atoms with Crippen LogP contribution in [-0.4, -0.2) is 25.1 Å². The summed E-state index contributed by atoms with van der Waals surface area (Å²) in [5.74, 6) is 0.678. The second-order valence-corrected chi connectivity index (χ2v) is 4.79. The highest BCUT2D eigenvalue weighted by molar-refractivity contribution is 5.92. The number of anilines is 1. The minimum Gasteiger partial charge on any atom is -0.492 e. The Hall–Kier alpha value is -1.55. The fourth-order valence-corrected chi connectivity index (χ4v) is 1.54. The van der Waals surface area contributed by atoms with Crippen LogP contribution >= 0.6 is 0 Å². The van der Waals surface area contributed by atoms with E-state index < -0.39 is 0 Å². The van der Waals surface area contributed by atoms with E-state index in [0.717, 1.165) is 5.69 Å². The average Bonchev–Trinajstić information content (AvgIpc) is 2.31. The molecule has 0 saturated carbocycles. The van der Waals surface area contributed by atoms with Crippen LogP contribution in [0.5, 0.6) is 5.75 Å². The fraction of sp³-hybridized carbons (Fsp3) is 0.500. The topological polar surface area (TPSA) is 50.4 Å². The molecule has 2 N–H and O–H groups in total. The molecule has 1 aromatic carbocycles. The fourth-order valence-electron chi connectivity index (χ4n) is 1.54. The third-order valence-corrected chi connectivity index (χ3v) is 2.74. The monoisotopic (exact) mass is 250 g/mol. The lowest BCUT2D eigenvalue weighted by atomic mass is 10.0. The molecule has 0 fully saturated rings. The molecule has 18 heavy (non-hydrogen) atoms. The molecular formula is C14H22N2O2. The molecule has 0 spiro atoms. The number of hydrogen-bond donors (Lipinski definition) is 2. The molecule has 0 unspecified atom stereocenters. The summed E-state index contributed by atoms with van der Waals surface area (Å²) in [6.07, 6.45) is 0.407. The van der Waals surface area contributed by atoms with Crippen molar-refractivity contribution in [2.75, 3.05) is 19.0 Å². The maximum absolute atomic E-state index is 11.9. The van der Waals surface area contributed by atoms with Crippen molar-refractivity contribution in [3.8, 4) is 5.75 Å². The number of carbonyl (C=O) groups excluding carboxylic acids is 1. The smallest absolute Gasteiger partial charge is 0.226 e. The van der Waals surface area contributed by atoms with Crippen LogP contribution in [0.2, 0.25) is 0 Å². The van der Waals surface area contributed by atoms with Gasteiger partial charge in [-0.15, -0.1) is 0 Å². The van der Waals surface area contributed by atoms with E-state index in [1.807, 2.05) is 52.1 Å². The first-order valence-electron chi connectivity index (χ1n) is 6.19. The van der Waals surface area contributed by atoms with Gasteiger partial charge in [-0.1, -0.05) is 12.1 Å². The SMILES string of the molecule is CCOc1ccccc1NC(=O)CC(C)(C)NC. The zero-order chi connectivity index (χ0) is 13.6. The zero-order valence-electron chi connectivity index (χ0n) is 11.5. The molecule has 4 nitrogen and oxygen atoms in total.